The first-order valence-corrected chi connectivity index (χ1v) is 11.6. The lowest BCUT2D eigenvalue weighted by Crippen LogP contribution is -2.36. The Balaban J connectivity index is 1.57. The fourth-order valence-corrected chi connectivity index (χ4v) is 5.97. The highest BCUT2D eigenvalue weighted by Crippen LogP contribution is 2.41. The van der Waals surface area contributed by atoms with Gasteiger partial charge in [0.05, 0.1) is 25.1 Å². The molecule has 0 unspecified atom stereocenters. The van der Waals surface area contributed by atoms with E-state index < -0.39 is 0 Å². The molecule has 1 aliphatic heterocycles. The maximum atomic E-state index is 5.47. The molecule has 5 nitrogen and oxygen atoms in total. The Kier molecular flexibility index (Phi) is 5.37. The lowest BCUT2D eigenvalue weighted by atomic mass is 10.2. The number of pyridine rings is 1. The molecule has 5 rings (SSSR count). The van der Waals surface area contributed by atoms with Crippen LogP contribution in [0, 0.1) is 0 Å². The van der Waals surface area contributed by atoms with Gasteiger partial charge in [-0.25, -0.2) is 9.97 Å². The second kappa shape index (κ2) is 8.26. The molecule has 142 valence electrons. The van der Waals surface area contributed by atoms with Gasteiger partial charge in [-0.2, -0.15) is 0 Å². The van der Waals surface area contributed by atoms with Crippen molar-refractivity contribution in [3.05, 3.63) is 53.2 Å². The Hall–Kier alpha value is -1.84. The molecule has 0 amide bonds. The van der Waals surface area contributed by atoms with Crippen molar-refractivity contribution in [1.29, 1.82) is 0 Å². The molecule has 0 atom stereocenters. The number of ether oxygens (including phenoxy) is 1. The lowest BCUT2D eigenvalue weighted by molar-refractivity contribution is 0.0330. The Morgan fingerprint density at radius 3 is 2.71 bits per heavy atom. The van der Waals surface area contributed by atoms with Crippen LogP contribution in [0.2, 0.25) is 0 Å². The lowest BCUT2D eigenvalue weighted by Gasteiger charge is -2.25. The van der Waals surface area contributed by atoms with Crippen LogP contribution < -0.4 is 0 Å². The highest BCUT2D eigenvalue weighted by molar-refractivity contribution is 7.99. The predicted molar refractivity (Wildman–Crippen MR) is 115 cm³/mol. The fourth-order valence-electron chi connectivity index (χ4n) is 3.19. The molecule has 0 bridgehead atoms. The molecule has 0 saturated carbocycles. The van der Waals surface area contributed by atoms with Gasteiger partial charge in [0.2, 0.25) is 0 Å². The van der Waals surface area contributed by atoms with E-state index in [1.54, 1.807) is 34.4 Å². The van der Waals surface area contributed by atoms with Gasteiger partial charge in [0.15, 0.2) is 0 Å². The van der Waals surface area contributed by atoms with Gasteiger partial charge in [-0.15, -0.1) is 22.7 Å². The van der Waals surface area contributed by atoms with Crippen LogP contribution in [0.25, 0.3) is 20.7 Å². The van der Waals surface area contributed by atoms with Gasteiger partial charge in [-0.1, -0.05) is 17.8 Å². The number of aromatic nitrogens is 3. The molecule has 8 heteroatoms. The van der Waals surface area contributed by atoms with Crippen LogP contribution in [0.1, 0.15) is 5.82 Å². The summed E-state index contributed by atoms with van der Waals surface area (Å²) in [4.78, 5) is 19.8. The van der Waals surface area contributed by atoms with Crippen LogP contribution in [-0.2, 0) is 11.3 Å². The second-order valence-electron chi connectivity index (χ2n) is 6.43. The number of rotatable bonds is 5. The van der Waals surface area contributed by atoms with E-state index in [4.69, 9.17) is 14.7 Å². The Labute approximate surface area is 175 Å². The molecule has 0 aromatic carbocycles. The molecule has 4 aromatic heterocycles. The molecular weight excluding hydrogens is 408 g/mol. The highest BCUT2D eigenvalue weighted by Gasteiger charge is 2.19. The zero-order valence-electron chi connectivity index (χ0n) is 15.1. The van der Waals surface area contributed by atoms with Gasteiger partial charge in [-0.3, -0.25) is 9.88 Å². The minimum Gasteiger partial charge on any atom is -0.379 e. The molecule has 1 fully saturated rings. The van der Waals surface area contributed by atoms with Crippen LogP contribution in [0.3, 0.4) is 0 Å². The number of nitrogens with zero attached hydrogens (tertiary/aromatic N) is 4. The van der Waals surface area contributed by atoms with Crippen LogP contribution >= 0.6 is 34.4 Å². The van der Waals surface area contributed by atoms with E-state index in [1.807, 2.05) is 24.5 Å². The van der Waals surface area contributed by atoms with Gasteiger partial charge in [-0.05, 0) is 23.6 Å². The monoisotopic (exact) mass is 426 g/mol. The average Bonchev–Trinajstić information content (AvgIpc) is 3.39. The average molecular weight is 427 g/mol. The normalized spacial score (nSPS) is 15.3. The summed E-state index contributed by atoms with van der Waals surface area (Å²) >= 11 is 5.14. The highest BCUT2D eigenvalue weighted by atomic mass is 32.2. The Morgan fingerprint density at radius 2 is 1.93 bits per heavy atom. The minimum atomic E-state index is 0.759. The van der Waals surface area contributed by atoms with Crippen molar-refractivity contribution in [2.75, 3.05) is 26.3 Å². The van der Waals surface area contributed by atoms with Crippen LogP contribution in [0.15, 0.2) is 57.3 Å². The van der Waals surface area contributed by atoms with E-state index >= 15 is 0 Å². The zero-order valence-corrected chi connectivity index (χ0v) is 17.5. The minimum absolute atomic E-state index is 0.759. The molecule has 4 aromatic rings. The summed E-state index contributed by atoms with van der Waals surface area (Å²) in [6.45, 7) is 4.18. The van der Waals surface area contributed by atoms with Gasteiger partial charge in [0.25, 0.3) is 0 Å². The summed E-state index contributed by atoms with van der Waals surface area (Å²) in [6, 6.07) is 8.30. The van der Waals surface area contributed by atoms with Crippen LogP contribution in [0.5, 0.6) is 0 Å². The summed E-state index contributed by atoms with van der Waals surface area (Å²) in [5.74, 6) is 0.880. The molecule has 5 heterocycles. The van der Waals surface area contributed by atoms with E-state index in [2.05, 4.69) is 32.8 Å². The quantitative estimate of drug-likeness (QED) is 0.427. The van der Waals surface area contributed by atoms with Gasteiger partial charge in [0, 0.05) is 46.2 Å². The van der Waals surface area contributed by atoms with E-state index in [0.717, 1.165) is 58.8 Å². The van der Waals surface area contributed by atoms with Crippen molar-refractivity contribution in [3.8, 4) is 10.4 Å². The third-order valence-electron chi connectivity index (χ3n) is 4.57. The van der Waals surface area contributed by atoms with Crippen molar-refractivity contribution in [2.24, 2.45) is 0 Å². The number of hydrogen-bond acceptors (Lipinski definition) is 8. The van der Waals surface area contributed by atoms with E-state index in [1.165, 1.54) is 10.4 Å². The standard InChI is InChI=1S/C20H18N4OS3/c1-2-16(26-11-1)15-13-27-19-18(15)20(28-14-3-5-21-6-4-14)23-17(22-19)12-24-7-9-25-10-8-24/h1-6,11,13H,7-10,12H2. The van der Waals surface area contributed by atoms with Gasteiger partial charge < -0.3 is 4.74 Å². The summed E-state index contributed by atoms with van der Waals surface area (Å²) < 4.78 is 5.47. The zero-order chi connectivity index (χ0) is 18.8. The van der Waals surface area contributed by atoms with E-state index in [0.29, 0.717) is 0 Å². The van der Waals surface area contributed by atoms with E-state index in [9.17, 15) is 0 Å². The smallest absolute Gasteiger partial charge is 0.145 e. The van der Waals surface area contributed by atoms with Crippen LogP contribution in [0.4, 0.5) is 0 Å². The largest absolute Gasteiger partial charge is 0.379 e. The van der Waals surface area contributed by atoms with Crippen molar-refractivity contribution in [3.63, 3.8) is 0 Å². The van der Waals surface area contributed by atoms with Gasteiger partial charge in [0.1, 0.15) is 15.7 Å². The summed E-state index contributed by atoms with van der Waals surface area (Å²) in [6.07, 6.45) is 3.65. The first-order valence-electron chi connectivity index (χ1n) is 9.07. The fraction of sp³-hybridized carbons (Fsp3) is 0.250. The van der Waals surface area contributed by atoms with Crippen molar-refractivity contribution < 1.29 is 4.74 Å². The molecular formula is C20H18N4OS3. The van der Waals surface area contributed by atoms with Crippen LogP contribution in [-0.4, -0.2) is 46.2 Å². The first kappa shape index (κ1) is 18.2. The molecule has 0 N–H and O–H groups in total. The number of morpholine rings is 1. The van der Waals surface area contributed by atoms with Crippen molar-refractivity contribution in [1.82, 2.24) is 19.9 Å². The van der Waals surface area contributed by atoms with Gasteiger partial charge >= 0.3 is 0 Å². The molecule has 1 saturated heterocycles. The third-order valence-corrected chi connectivity index (χ3v) is 7.34. The molecule has 0 aliphatic carbocycles. The maximum Gasteiger partial charge on any atom is 0.145 e. The Bertz CT molecular complexity index is 1060. The van der Waals surface area contributed by atoms with Crippen molar-refractivity contribution in [2.45, 2.75) is 16.5 Å². The second-order valence-corrected chi connectivity index (χ2v) is 9.29. The summed E-state index contributed by atoms with van der Waals surface area (Å²) in [5.41, 5.74) is 1.23. The maximum absolute atomic E-state index is 5.47. The number of thiophene rings is 2. The summed E-state index contributed by atoms with van der Waals surface area (Å²) in [5, 5.41) is 6.49. The number of fused-ring (bicyclic) bond motifs is 1. The Morgan fingerprint density at radius 1 is 1.07 bits per heavy atom. The van der Waals surface area contributed by atoms with E-state index in [-0.39, 0.29) is 0 Å². The van der Waals surface area contributed by atoms with Crippen molar-refractivity contribution >= 4 is 44.7 Å². The molecule has 0 radical (unpaired) electrons. The SMILES string of the molecule is c1csc(-c2csc3nc(CN4CCOCC4)nc(Sc4ccncc4)c23)c1. The number of hydrogen-bond donors (Lipinski definition) is 0. The summed E-state index contributed by atoms with van der Waals surface area (Å²) in [7, 11) is 0. The predicted octanol–water partition coefficient (Wildman–Crippen LogP) is 4.80. The molecule has 0 spiro atoms. The molecule has 28 heavy (non-hydrogen) atoms. The third kappa shape index (κ3) is 3.83. The topological polar surface area (TPSA) is 51.1 Å². The first-order chi connectivity index (χ1) is 13.9. The molecule has 1 aliphatic rings.